The summed E-state index contributed by atoms with van der Waals surface area (Å²) in [5.74, 6) is 0. The largest absolute Gasteiger partial charge is 0.307 e. The molecule has 0 rings (SSSR count). The zero-order chi connectivity index (χ0) is 7.33. The van der Waals surface area contributed by atoms with Crippen molar-refractivity contribution in [2.75, 3.05) is 24.7 Å². The smallest absolute Gasteiger partial charge is 0.148 e. The Kier molecular flexibility index (Phi) is 4.81. The molecule has 1 unspecified atom stereocenters. The van der Waals surface area contributed by atoms with E-state index in [4.69, 9.17) is 0 Å². The highest BCUT2D eigenvalue weighted by atomic mass is 79.9. The van der Waals surface area contributed by atoms with Gasteiger partial charge in [0, 0.05) is 17.7 Å². The third kappa shape index (κ3) is 3.39. The molecule has 0 aromatic heterocycles. The SMILES string of the molecule is CCP(=O)(CCBr)NC. The highest BCUT2D eigenvalue weighted by Crippen LogP contribution is 2.39. The normalized spacial score (nSPS) is 17.2. The summed E-state index contributed by atoms with van der Waals surface area (Å²) in [5.41, 5.74) is 0. The molecule has 1 N–H and O–H groups in total. The van der Waals surface area contributed by atoms with E-state index in [-0.39, 0.29) is 0 Å². The molecule has 9 heavy (non-hydrogen) atoms. The molecule has 0 saturated carbocycles. The lowest BCUT2D eigenvalue weighted by atomic mass is 11.0. The molecule has 0 aliphatic rings. The third-order valence-corrected chi connectivity index (χ3v) is 5.16. The first-order chi connectivity index (χ1) is 4.18. The van der Waals surface area contributed by atoms with Crippen LogP contribution in [0.2, 0.25) is 0 Å². The average molecular weight is 214 g/mol. The maximum absolute atomic E-state index is 11.4. The van der Waals surface area contributed by atoms with Crippen molar-refractivity contribution >= 4 is 23.2 Å². The van der Waals surface area contributed by atoms with Gasteiger partial charge in [0.2, 0.25) is 0 Å². The summed E-state index contributed by atoms with van der Waals surface area (Å²) in [4.78, 5) is 0. The van der Waals surface area contributed by atoms with E-state index in [2.05, 4.69) is 21.0 Å². The molecule has 0 radical (unpaired) electrons. The molecule has 2 nitrogen and oxygen atoms in total. The fourth-order valence-corrected chi connectivity index (χ4v) is 3.41. The lowest BCUT2D eigenvalue weighted by Gasteiger charge is -2.12. The van der Waals surface area contributed by atoms with E-state index in [1.807, 2.05) is 6.92 Å². The Balaban J connectivity index is 3.78. The maximum Gasteiger partial charge on any atom is 0.148 e. The predicted octanol–water partition coefficient (Wildman–Crippen LogP) is 1.90. The van der Waals surface area contributed by atoms with E-state index in [0.29, 0.717) is 0 Å². The van der Waals surface area contributed by atoms with Gasteiger partial charge < -0.3 is 4.57 Å². The second-order valence-corrected chi connectivity index (χ2v) is 5.94. The van der Waals surface area contributed by atoms with Gasteiger partial charge in [-0.1, -0.05) is 22.9 Å². The molecule has 0 aromatic rings. The van der Waals surface area contributed by atoms with Crippen LogP contribution < -0.4 is 5.09 Å². The van der Waals surface area contributed by atoms with Gasteiger partial charge in [-0.3, -0.25) is 5.09 Å². The Morgan fingerprint density at radius 3 is 2.33 bits per heavy atom. The number of nitrogens with one attached hydrogen (secondary N) is 1. The van der Waals surface area contributed by atoms with E-state index >= 15 is 0 Å². The van der Waals surface area contributed by atoms with Crippen LogP contribution in [0.5, 0.6) is 0 Å². The number of hydrogen-bond donors (Lipinski definition) is 1. The highest BCUT2D eigenvalue weighted by Gasteiger charge is 2.14. The van der Waals surface area contributed by atoms with Crippen LogP contribution in [0.25, 0.3) is 0 Å². The zero-order valence-electron chi connectivity index (χ0n) is 5.85. The van der Waals surface area contributed by atoms with Crippen molar-refractivity contribution in [1.82, 2.24) is 5.09 Å². The summed E-state index contributed by atoms with van der Waals surface area (Å²) in [5, 5.41) is 3.67. The van der Waals surface area contributed by atoms with Gasteiger partial charge in [-0.25, -0.2) is 0 Å². The van der Waals surface area contributed by atoms with E-state index in [0.717, 1.165) is 17.7 Å². The van der Waals surface area contributed by atoms with Crippen LogP contribution in [-0.2, 0) is 4.57 Å². The van der Waals surface area contributed by atoms with Crippen molar-refractivity contribution in [2.45, 2.75) is 6.92 Å². The maximum atomic E-state index is 11.4. The second kappa shape index (κ2) is 4.48. The fourth-order valence-electron chi connectivity index (χ4n) is 0.565. The van der Waals surface area contributed by atoms with E-state index in [9.17, 15) is 4.57 Å². The van der Waals surface area contributed by atoms with Crippen molar-refractivity contribution in [3.8, 4) is 0 Å². The molecule has 4 heteroatoms. The molecule has 1 atom stereocenters. The average Bonchev–Trinajstić information content (AvgIpc) is 1.89. The predicted molar refractivity (Wildman–Crippen MR) is 45.9 cm³/mol. The molecule has 0 aliphatic carbocycles. The minimum Gasteiger partial charge on any atom is -0.307 e. The van der Waals surface area contributed by atoms with Gasteiger partial charge in [-0.15, -0.1) is 0 Å². The molecule has 0 spiro atoms. The first-order valence-corrected chi connectivity index (χ1v) is 6.21. The van der Waals surface area contributed by atoms with Crippen molar-refractivity contribution in [3.63, 3.8) is 0 Å². The van der Waals surface area contributed by atoms with E-state index in [1.165, 1.54) is 0 Å². The number of rotatable bonds is 4. The van der Waals surface area contributed by atoms with Crippen LogP contribution in [-0.4, -0.2) is 24.7 Å². The highest BCUT2D eigenvalue weighted by molar-refractivity contribution is 9.09. The van der Waals surface area contributed by atoms with Crippen LogP contribution in [0.1, 0.15) is 6.92 Å². The fraction of sp³-hybridized carbons (Fsp3) is 1.00. The number of halogens is 1. The van der Waals surface area contributed by atoms with E-state index < -0.39 is 7.29 Å². The summed E-state index contributed by atoms with van der Waals surface area (Å²) in [6.07, 6.45) is 1.50. The van der Waals surface area contributed by atoms with Crippen LogP contribution in [0.3, 0.4) is 0 Å². The van der Waals surface area contributed by atoms with Gasteiger partial charge in [0.1, 0.15) is 7.29 Å². The molecule has 0 fully saturated rings. The third-order valence-electron chi connectivity index (χ3n) is 1.36. The zero-order valence-corrected chi connectivity index (χ0v) is 8.34. The number of hydrogen-bond acceptors (Lipinski definition) is 1. The van der Waals surface area contributed by atoms with Gasteiger partial charge in [-0.05, 0) is 7.05 Å². The van der Waals surface area contributed by atoms with Crippen molar-refractivity contribution in [1.29, 1.82) is 0 Å². The molecule has 0 bridgehead atoms. The molecular formula is C5H13BrNOP. The van der Waals surface area contributed by atoms with Crippen molar-refractivity contribution in [2.24, 2.45) is 0 Å². The second-order valence-electron chi connectivity index (χ2n) is 1.84. The molecule has 0 amide bonds. The Morgan fingerprint density at radius 1 is 1.67 bits per heavy atom. The molecule has 0 aliphatic heterocycles. The van der Waals surface area contributed by atoms with Gasteiger partial charge >= 0.3 is 0 Å². The first-order valence-electron chi connectivity index (χ1n) is 3.01. The minimum absolute atomic E-state index is 0.745. The topological polar surface area (TPSA) is 29.1 Å². The molecule has 56 valence electrons. The van der Waals surface area contributed by atoms with Crippen LogP contribution in [0.4, 0.5) is 0 Å². The monoisotopic (exact) mass is 213 g/mol. The Labute approximate surface area is 65.0 Å². The summed E-state index contributed by atoms with van der Waals surface area (Å²) < 4.78 is 11.4. The standard InChI is InChI=1S/C5H13BrNOP/c1-3-9(8,7-2)5-4-6/h3-5H2,1-2H3,(H,7,8). The first kappa shape index (κ1) is 9.67. The molecule has 0 heterocycles. The van der Waals surface area contributed by atoms with Crippen LogP contribution in [0.15, 0.2) is 0 Å². The van der Waals surface area contributed by atoms with Crippen molar-refractivity contribution in [3.05, 3.63) is 0 Å². The molecular weight excluding hydrogens is 201 g/mol. The van der Waals surface area contributed by atoms with Gasteiger partial charge in [0.15, 0.2) is 0 Å². The lowest BCUT2D eigenvalue weighted by molar-refractivity contribution is 0.570. The van der Waals surface area contributed by atoms with E-state index in [1.54, 1.807) is 7.05 Å². The summed E-state index contributed by atoms with van der Waals surface area (Å²) in [7, 11) is -0.221. The quantitative estimate of drug-likeness (QED) is 0.571. The Hall–Kier alpha value is 0.670. The van der Waals surface area contributed by atoms with Gasteiger partial charge in [0.25, 0.3) is 0 Å². The Bertz CT molecular complexity index is 110. The summed E-state index contributed by atoms with van der Waals surface area (Å²) in [6.45, 7) is 1.94. The minimum atomic E-state index is -1.98. The van der Waals surface area contributed by atoms with Gasteiger partial charge in [0.05, 0.1) is 0 Å². The summed E-state index contributed by atoms with van der Waals surface area (Å²) >= 11 is 3.25. The summed E-state index contributed by atoms with van der Waals surface area (Å²) in [6, 6.07) is 0. The molecule has 0 saturated heterocycles. The molecule has 0 aromatic carbocycles. The van der Waals surface area contributed by atoms with Gasteiger partial charge in [-0.2, -0.15) is 0 Å². The Morgan fingerprint density at radius 2 is 2.22 bits per heavy atom. The van der Waals surface area contributed by atoms with Crippen molar-refractivity contribution < 1.29 is 4.57 Å². The number of alkyl halides is 1. The van der Waals surface area contributed by atoms with Crippen LogP contribution in [0, 0.1) is 0 Å². The lowest BCUT2D eigenvalue weighted by Crippen LogP contribution is -2.08. The van der Waals surface area contributed by atoms with Crippen LogP contribution >= 0.6 is 23.2 Å².